The number of hydrogen-bond donors (Lipinski definition) is 2. The summed E-state index contributed by atoms with van der Waals surface area (Å²) in [5.74, 6) is -0.151. The first-order chi connectivity index (χ1) is 6.02. The number of carbonyl (C=O) groups excluding carboxylic acids is 2. The summed E-state index contributed by atoms with van der Waals surface area (Å²) < 4.78 is 0. The van der Waals surface area contributed by atoms with E-state index in [-0.39, 0.29) is 17.7 Å². The molecule has 0 spiro atoms. The minimum atomic E-state index is -0.410. The van der Waals surface area contributed by atoms with Crippen LogP contribution in [0.1, 0.15) is 27.2 Å². The van der Waals surface area contributed by atoms with Gasteiger partial charge in [-0.15, -0.1) is 0 Å². The van der Waals surface area contributed by atoms with Gasteiger partial charge >= 0.3 is 0 Å². The highest BCUT2D eigenvalue weighted by atomic mass is 16.2. The van der Waals surface area contributed by atoms with Crippen molar-refractivity contribution >= 4 is 11.8 Å². The van der Waals surface area contributed by atoms with Gasteiger partial charge in [0, 0.05) is 14.0 Å². The van der Waals surface area contributed by atoms with E-state index in [0.29, 0.717) is 0 Å². The largest absolute Gasteiger partial charge is 0.357 e. The molecule has 4 nitrogen and oxygen atoms in total. The van der Waals surface area contributed by atoms with E-state index in [1.165, 1.54) is 6.92 Å². The van der Waals surface area contributed by atoms with Gasteiger partial charge in [0.15, 0.2) is 0 Å². The van der Waals surface area contributed by atoms with Crippen LogP contribution in [0.4, 0.5) is 0 Å². The Morgan fingerprint density at radius 3 is 2.23 bits per heavy atom. The fourth-order valence-electron chi connectivity index (χ4n) is 1.08. The van der Waals surface area contributed by atoms with Crippen molar-refractivity contribution in [3.63, 3.8) is 0 Å². The van der Waals surface area contributed by atoms with Crippen LogP contribution in [-0.2, 0) is 9.59 Å². The molecular weight excluding hydrogens is 168 g/mol. The van der Waals surface area contributed by atoms with Gasteiger partial charge < -0.3 is 10.6 Å². The van der Waals surface area contributed by atoms with E-state index in [9.17, 15) is 9.59 Å². The van der Waals surface area contributed by atoms with Crippen molar-refractivity contribution in [2.45, 2.75) is 33.2 Å². The molecule has 0 rings (SSSR count). The Morgan fingerprint density at radius 2 is 1.92 bits per heavy atom. The van der Waals surface area contributed by atoms with Crippen molar-refractivity contribution in [3.8, 4) is 0 Å². The molecule has 2 amide bonds. The predicted molar refractivity (Wildman–Crippen MR) is 51.1 cm³/mol. The Bertz CT molecular complexity index is 192. The van der Waals surface area contributed by atoms with Crippen LogP contribution >= 0.6 is 0 Å². The van der Waals surface area contributed by atoms with Gasteiger partial charge in [0.1, 0.15) is 6.04 Å². The van der Waals surface area contributed by atoms with Gasteiger partial charge in [-0.3, -0.25) is 9.59 Å². The van der Waals surface area contributed by atoms with Gasteiger partial charge in [0.2, 0.25) is 11.8 Å². The normalized spacial score (nSPS) is 14.5. The van der Waals surface area contributed by atoms with Crippen molar-refractivity contribution in [1.82, 2.24) is 10.6 Å². The number of nitrogens with one attached hydrogen (secondary N) is 2. The average Bonchev–Trinajstić information content (AvgIpc) is 2.11. The number of likely N-dealkylation sites (N-methyl/N-ethyl adjacent to an activating group) is 1. The SMILES string of the molecule is CC[C@@H](C)[C@@H](NC(C)=O)C(=O)NC. The molecule has 76 valence electrons. The molecular formula is C9H18N2O2. The molecule has 0 aromatic rings. The lowest BCUT2D eigenvalue weighted by Gasteiger charge is -2.21. The molecule has 0 aromatic heterocycles. The highest BCUT2D eigenvalue weighted by molar-refractivity contribution is 5.86. The van der Waals surface area contributed by atoms with Crippen LogP contribution in [-0.4, -0.2) is 24.9 Å². The zero-order valence-corrected chi connectivity index (χ0v) is 8.68. The molecule has 0 bridgehead atoms. The lowest BCUT2D eigenvalue weighted by molar-refractivity contribution is -0.129. The fraction of sp³-hybridized carbons (Fsp3) is 0.778. The Morgan fingerprint density at radius 1 is 1.38 bits per heavy atom. The first-order valence-electron chi connectivity index (χ1n) is 4.51. The number of hydrogen-bond acceptors (Lipinski definition) is 2. The Hall–Kier alpha value is -1.06. The lowest BCUT2D eigenvalue weighted by Crippen LogP contribution is -2.48. The third-order valence-corrected chi connectivity index (χ3v) is 2.10. The van der Waals surface area contributed by atoms with Crippen LogP contribution in [0.25, 0.3) is 0 Å². The molecule has 0 saturated carbocycles. The van der Waals surface area contributed by atoms with Gasteiger partial charge in [-0.1, -0.05) is 20.3 Å². The Balaban J connectivity index is 4.35. The summed E-state index contributed by atoms with van der Waals surface area (Å²) in [6.07, 6.45) is 0.859. The maximum atomic E-state index is 11.3. The molecule has 0 aromatic carbocycles. The van der Waals surface area contributed by atoms with Crippen molar-refractivity contribution in [1.29, 1.82) is 0 Å². The Labute approximate surface area is 79.1 Å². The summed E-state index contributed by atoms with van der Waals surface area (Å²) in [7, 11) is 1.57. The van der Waals surface area contributed by atoms with Gasteiger partial charge in [0.05, 0.1) is 0 Å². The van der Waals surface area contributed by atoms with Gasteiger partial charge in [0.25, 0.3) is 0 Å². The van der Waals surface area contributed by atoms with Crippen LogP contribution in [0.15, 0.2) is 0 Å². The van der Waals surface area contributed by atoms with Gasteiger partial charge in [-0.25, -0.2) is 0 Å². The molecule has 0 saturated heterocycles. The first-order valence-corrected chi connectivity index (χ1v) is 4.51. The minimum Gasteiger partial charge on any atom is -0.357 e. The molecule has 0 radical (unpaired) electrons. The Kier molecular flexibility index (Phi) is 5.11. The van der Waals surface area contributed by atoms with E-state index in [1.54, 1.807) is 7.05 Å². The second-order valence-corrected chi connectivity index (χ2v) is 3.18. The minimum absolute atomic E-state index is 0.135. The summed E-state index contributed by atoms with van der Waals surface area (Å²) in [4.78, 5) is 22.1. The fourth-order valence-corrected chi connectivity index (χ4v) is 1.08. The summed E-state index contributed by atoms with van der Waals surface area (Å²) in [5.41, 5.74) is 0. The molecule has 0 unspecified atom stereocenters. The summed E-state index contributed by atoms with van der Waals surface area (Å²) in [6.45, 7) is 5.34. The standard InChI is InChI=1S/C9H18N2O2/c1-5-6(2)8(9(13)10-4)11-7(3)12/h6,8H,5H2,1-4H3,(H,10,13)(H,11,12)/t6-,8-/m1/s1. The molecule has 0 fully saturated rings. The zero-order valence-electron chi connectivity index (χ0n) is 8.68. The zero-order chi connectivity index (χ0) is 10.4. The quantitative estimate of drug-likeness (QED) is 0.662. The van der Waals surface area contributed by atoms with E-state index < -0.39 is 6.04 Å². The van der Waals surface area contributed by atoms with Crippen LogP contribution in [0.3, 0.4) is 0 Å². The third kappa shape index (κ3) is 3.92. The van der Waals surface area contributed by atoms with Crippen LogP contribution in [0, 0.1) is 5.92 Å². The molecule has 0 aliphatic carbocycles. The summed E-state index contributed by atoms with van der Waals surface area (Å²) >= 11 is 0. The van der Waals surface area contributed by atoms with E-state index in [4.69, 9.17) is 0 Å². The highest BCUT2D eigenvalue weighted by Gasteiger charge is 2.23. The van der Waals surface area contributed by atoms with Crippen LogP contribution in [0.2, 0.25) is 0 Å². The monoisotopic (exact) mass is 186 g/mol. The smallest absolute Gasteiger partial charge is 0.242 e. The lowest BCUT2D eigenvalue weighted by atomic mass is 9.98. The van der Waals surface area contributed by atoms with Crippen molar-refractivity contribution in [2.24, 2.45) is 5.92 Å². The van der Waals surface area contributed by atoms with Gasteiger partial charge in [-0.2, -0.15) is 0 Å². The maximum absolute atomic E-state index is 11.3. The van der Waals surface area contributed by atoms with Crippen LogP contribution < -0.4 is 10.6 Å². The molecule has 4 heteroatoms. The first kappa shape index (κ1) is 11.9. The number of amides is 2. The average molecular weight is 186 g/mol. The second kappa shape index (κ2) is 5.56. The summed E-state index contributed by atoms with van der Waals surface area (Å²) in [5, 5.41) is 5.16. The van der Waals surface area contributed by atoms with Crippen molar-refractivity contribution < 1.29 is 9.59 Å². The number of rotatable bonds is 4. The molecule has 13 heavy (non-hydrogen) atoms. The van der Waals surface area contributed by atoms with Crippen molar-refractivity contribution in [2.75, 3.05) is 7.05 Å². The topological polar surface area (TPSA) is 58.2 Å². The van der Waals surface area contributed by atoms with Gasteiger partial charge in [-0.05, 0) is 5.92 Å². The third-order valence-electron chi connectivity index (χ3n) is 2.10. The number of carbonyl (C=O) groups is 2. The predicted octanol–water partition coefficient (Wildman–Crippen LogP) is 0.283. The van der Waals surface area contributed by atoms with E-state index >= 15 is 0 Å². The maximum Gasteiger partial charge on any atom is 0.242 e. The molecule has 2 atom stereocenters. The van der Waals surface area contributed by atoms with E-state index in [1.807, 2.05) is 13.8 Å². The summed E-state index contributed by atoms with van der Waals surface area (Å²) in [6, 6.07) is -0.410. The van der Waals surface area contributed by atoms with E-state index in [2.05, 4.69) is 10.6 Å². The molecule has 2 N–H and O–H groups in total. The molecule has 0 heterocycles. The molecule has 0 aliphatic heterocycles. The second-order valence-electron chi connectivity index (χ2n) is 3.18. The van der Waals surface area contributed by atoms with Crippen LogP contribution in [0.5, 0.6) is 0 Å². The molecule has 0 aliphatic rings. The van der Waals surface area contributed by atoms with E-state index in [0.717, 1.165) is 6.42 Å². The van der Waals surface area contributed by atoms with Crippen molar-refractivity contribution in [3.05, 3.63) is 0 Å². The highest BCUT2D eigenvalue weighted by Crippen LogP contribution is 2.07.